The molecule has 3 rings (SSSR count). The molecule has 0 amide bonds. The molecule has 102 valence electrons. The highest BCUT2D eigenvalue weighted by molar-refractivity contribution is 5.87. The fraction of sp³-hybridized carbons (Fsp3) is 0.200. The summed E-state index contributed by atoms with van der Waals surface area (Å²) in [4.78, 5) is 4.31. The van der Waals surface area contributed by atoms with E-state index in [-0.39, 0.29) is 5.69 Å². The molecule has 0 saturated heterocycles. The monoisotopic (exact) mass is 273 g/mol. The standard InChI is InChI=1S/C15H13F2N3/c1-9-4-3-5-10-6-13(18-7-11(9)10)12-8-20(2)19-14(12)15(16)17/h3-8,15H,1-2H3. The first-order chi connectivity index (χ1) is 9.56. The lowest BCUT2D eigenvalue weighted by Crippen LogP contribution is -1.92. The lowest BCUT2D eigenvalue weighted by Gasteiger charge is -2.05. The molecule has 1 aromatic carbocycles. The molecule has 0 radical (unpaired) electrons. The first-order valence-corrected chi connectivity index (χ1v) is 6.23. The zero-order valence-electron chi connectivity index (χ0n) is 11.1. The first-order valence-electron chi connectivity index (χ1n) is 6.23. The van der Waals surface area contributed by atoms with E-state index in [0.717, 1.165) is 16.3 Å². The van der Waals surface area contributed by atoms with Gasteiger partial charge in [0.25, 0.3) is 6.43 Å². The number of hydrogen-bond acceptors (Lipinski definition) is 2. The molecule has 0 N–H and O–H groups in total. The van der Waals surface area contributed by atoms with Crippen molar-refractivity contribution in [3.63, 3.8) is 0 Å². The Hall–Kier alpha value is -2.30. The molecule has 0 unspecified atom stereocenters. The Kier molecular flexibility index (Phi) is 2.97. The van der Waals surface area contributed by atoms with Crippen LogP contribution in [0.5, 0.6) is 0 Å². The Morgan fingerprint density at radius 2 is 2.05 bits per heavy atom. The van der Waals surface area contributed by atoms with E-state index in [1.807, 2.05) is 31.2 Å². The fourth-order valence-electron chi connectivity index (χ4n) is 2.34. The molecule has 5 heteroatoms. The van der Waals surface area contributed by atoms with Crippen molar-refractivity contribution >= 4 is 10.8 Å². The van der Waals surface area contributed by atoms with Gasteiger partial charge in [-0.3, -0.25) is 9.67 Å². The van der Waals surface area contributed by atoms with Gasteiger partial charge in [-0.05, 0) is 23.9 Å². The summed E-state index contributed by atoms with van der Waals surface area (Å²) < 4.78 is 27.4. The van der Waals surface area contributed by atoms with Crippen molar-refractivity contribution < 1.29 is 8.78 Å². The van der Waals surface area contributed by atoms with E-state index in [1.165, 1.54) is 4.68 Å². The van der Waals surface area contributed by atoms with Crippen molar-refractivity contribution in [2.24, 2.45) is 7.05 Å². The fourth-order valence-corrected chi connectivity index (χ4v) is 2.34. The van der Waals surface area contributed by atoms with Crippen LogP contribution >= 0.6 is 0 Å². The smallest absolute Gasteiger partial charge is 0.275 e. The summed E-state index contributed by atoms with van der Waals surface area (Å²) >= 11 is 0. The Bertz CT molecular complexity index is 778. The van der Waals surface area contributed by atoms with Crippen LogP contribution in [0, 0.1) is 6.92 Å². The van der Waals surface area contributed by atoms with Gasteiger partial charge < -0.3 is 0 Å². The predicted octanol–water partition coefficient (Wildman–Crippen LogP) is 3.88. The molecule has 0 saturated carbocycles. The van der Waals surface area contributed by atoms with E-state index >= 15 is 0 Å². The molecule has 20 heavy (non-hydrogen) atoms. The van der Waals surface area contributed by atoms with Gasteiger partial charge in [0.1, 0.15) is 5.69 Å². The number of rotatable bonds is 2. The van der Waals surface area contributed by atoms with Gasteiger partial charge in [0.05, 0.1) is 5.69 Å². The van der Waals surface area contributed by atoms with E-state index < -0.39 is 6.43 Å². The third kappa shape index (κ3) is 2.05. The predicted molar refractivity (Wildman–Crippen MR) is 73.6 cm³/mol. The molecule has 0 fully saturated rings. The highest BCUT2D eigenvalue weighted by Gasteiger charge is 2.19. The summed E-state index contributed by atoms with van der Waals surface area (Å²) in [6, 6.07) is 7.72. The van der Waals surface area contributed by atoms with Crippen LogP contribution in [0.3, 0.4) is 0 Å². The molecule has 0 aliphatic carbocycles. The van der Waals surface area contributed by atoms with E-state index in [2.05, 4.69) is 10.1 Å². The second kappa shape index (κ2) is 4.67. The topological polar surface area (TPSA) is 30.7 Å². The summed E-state index contributed by atoms with van der Waals surface area (Å²) in [5, 5.41) is 5.82. The van der Waals surface area contributed by atoms with Gasteiger partial charge in [-0.1, -0.05) is 18.2 Å². The summed E-state index contributed by atoms with van der Waals surface area (Å²) in [6.07, 6.45) is 0.689. The van der Waals surface area contributed by atoms with E-state index in [4.69, 9.17) is 0 Å². The van der Waals surface area contributed by atoms with Gasteiger partial charge in [-0.15, -0.1) is 0 Å². The van der Waals surface area contributed by atoms with Crippen LogP contribution in [0.25, 0.3) is 22.0 Å². The summed E-state index contributed by atoms with van der Waals surface area (Å²) in [5.41, 5.74) is 1.78. The van der Waals surface area contributed by atoms with Crippen LogP contribution in [0.1, 0.15) is 17.7 Å². The largest absolute Gasteiger partial charge is 0.282 e. The number of alkyl halides is 2. The number of nitrogens with zero attached hydrogens (tertiary/aromatic N) is 3. The Morgan fingerprint density at radius 1 is 1.25 bits per heavy atom. The summed E-state index contributed by atoms with van der Waals surface area (Å²) in [7, 11) is 1.63. The Morgan fingerprint density at radius 3 is 2.80 bits per heavy atom. The molecule has 0 aliphatic heterocycles. The van der Waals surface area contributed by atoms with Crippen LogP contribution in [-0.4, -0.2) is 14.8 Å². The lowest BCUT2D eigenvalue weighted by molar-refractivity contribution is 0.146. The van der Waals surface area contributed by atoms with Crippen molar-refractivity contribution in [2.45, 2.75) is 13.3 Å². The molecule has 0 aliphatic rings. The molecule has 3 nitrogen and oxygen atoms in total. The SMILES string of the molecule is Cc1cccc2cc(-c3cn(C)nc3C(F)F)ncc12. The van der Waals surface area contributed by atoms with Gasteiger partial charge in [-0.2, -0.15) is 5.10 Å². The maximum Gasteiger partial charge on any atom is 0.282 e. The third-order valence-electron chi connectivity index (χ3n) is 3.32. The first kappa shape index (κ1) is 12.7. The molecule has 0 spiro atoms. The number of halogens is 2. The van der Waals surface area contributed by atoms with Gasteiger partial charge in [0.2, 0.25) is 0 Å². The molecule has 0 atom stereocenters. The molecular formula is C15H13F2N3. The minimum Gasteiger partial charge on any atom is -0.275 e. The van der Waals surface area contributed by atoms with Crippen molar-refractivity contribution in [1.82, 2.24) is 14.8 Å². The highest BCUT2D eigenvalue weighted by atomic mass is 19.3. The van der Waals surface area contributed by atoms with Crippen LogP contribution in [0.15, 0.2) is 36.7 Å². The number of pyridine rings is 1. The average molecular weight is 273 g/mol. The highest BCUT2D eigenvalue weighted by Crippen LogP contribution is 2.30. The van der Waals surface area contributed by atoms with Crippen LogP contribution in [0.4, 0.5) is 8.78 Å². The van der Waals surface area contributed by atoms with Crippen molar-refractivity contribution in [2.75, 3.05) is 0 Å². The Labute approximate surface area is 114 Å². The number of benzene rings is 1. The molecule has 0 bridgehead atoms. The van der Waals surface area contributed by atoms with Crippen LogP contribution in [0.2, 0.25) is 0 Å². The van der Waals surface area contributed by atoms with Crippen LogP contribution in [-0.2, 0) is 7.05 Å². The molecule has 3 aromatic rings. The van der Waals surface area contributed by atoms with E-state index in [1.54, 1.807) is 19.4 Å². The summed E-state index contributed by atoms with van der Waals surface area (Å²) in [5.74, 6) is 0. The third-order valence-corrected chi connectivity index (χ3v) is 3.32. The number of aromatic nitrogens is 3. The molecular weight excluding hydrogens is 260 g/mol. The minimum absolute atomic E-state index is 0.230. The zero-order chi connectivity index (χ0) is 14.3. The van der Waals surface area contributed by atoms with Gasteiger partial charge in [0.15, 0.2) is 0 Å². The maximum atomic E-state index is 13.0. The quantitative estimate of drug-likeness (QED) is 0.709. The number of aryl methyl sites for hydroxylation is 2. The summed E-state index contributed by atoms with van der Waals surface area (Å²) in [6.45, 7) is 2.00. The normalized spacial score (nSPS) is 11.4. The van der Waals surface area contributed by atoms with Crippen molar-refractivity contribution in [1.29, 1.82) is 0 Å². The number of hydrogen-bond donors (Lipinski definition) is 0. The molecule has 2 heterocycles. The molecule has 2 aromatic heterocycles. The second-order valence-electron chi connectivity index (χ2n) is 4.77. The van der Waals surface area contributed by atoms with E-state index in [9.17, 15) is 8.78 Å². The second-order valence-corrected chi connectivity index (χ2v) is 4.77. The van der Waals surface area contributed by atoms with Gasteiger partial charge in [-0.25, -0.2) is 8.78 Å². The number of fused-ring (bicyclic) bond motifs is 1. The van der Waals surface area contributed by atoms with E-state index in [0.29, 0.717) is 11.3 Å². The minimum atomic E-state index is -2.61. The van der Waals surface area contributed by atoms with Crippen molar-refractivity contribution in [3.8, 4) is 11.3 Å². The average Bonchev–Trinajstić information content (AvgIpc) is 2.81. The maximum absolute atomic E-state index is 13.0. The van der Waals surface area contributed by atoms with Crippen LogP contribution < -0.4 is 0 Å². The Balaban J connectivity index is 2.20. The van der Waals surface area contributed by atoms with Crippen molar-refractivity contribution in [3.05, 3.63) is 47.9 Å². The lowest BCUT2D eigenvalue weighted by atomic mass is 10.0. The van der Waals surface area contributed by atoms with Gasteiger partial charge >= 0.3 is 0 Å². The van der Waals surface area contributed by atoms with Gasteiger partial charge in [0, 0.05) is 30.4 Å². The zero-order valence-corrected chi connectivity index (χ0v) is 11.1.